The van der Waals surface area contributed by atoms with Gasteiger partial charge in [0.15, 0.2) is 10.7 Å². The number of nitrogens with zero attached hydrogens (tertiary/aromatic N) is 2. The van der Waals surface area contributed by atoms with E-state index in [1.54, 1.807) is 11.3 Å². The van der Waals surface area contributed by atoms with Crippen LogP contribution in [0.4, 0.5) is 11.1 Å². The van der Waals surface area contributed by atoms with Gasteiger partial charge in [0.1, 0.15) is 11.3 Å². The lowest BCUT2D eigenvalue weighted by atomic mass is 10.1. The van der Waals surface area contributed by atoms with Gasteiger partial charge < -0.3 is 9.15 Å². The van der Waals surface area contributed by atoms with Gasteiger partial charge in [-0.2, -0.15) is 4.98 Å². The number of anilines is 2. The molecule has 24 heavy (non-hydrogen) atoms. The summed E-state index contributed by atoms with van der Waals surface area (Å²) in [5.74, 6) is 0.856. The molecule has 0 amide bonds. The van der Waals surface area contributed by atoms with E-state index in [4.69, 9.17) is 9.15 Å². The number of rotatable bonds is 5. The summed E-state index contributed by atoms with van der Waals surface area (Å²) < 4.78 is 12.3. The Labute approximate surface area is 143 Å². The molecule has 0 saturated carbocycles. The highest BCUT2D eigenvalue weighted by atomic mass is 32.1. The van der Waals surface area contributed by atoms with Crippen molar-refractivity contribution in [2.45, 2.75) is 20.3 Å². The Hall–Kier alpha value is -2.60. The minimum Gasteiger partial charge on any atom is -0.494 e. The summed E-state index contributed by atoms with van der Waals surface area (Å²) in [4.78, 5) is 9.06. The van der Waals surface area contributed by atoms with Crippen LogP contribution in [-0.4, -0.2) is 16.6 Å². The van der Waals surface area contributed by atoms with Crippen LogP contribution in [0.25, 0.3) is 21.3 Å². The fourth-order valence-corrected chi connectivity index (χ4v) is 3.44. The molecule has 0 aliphatic rings. The fraction of sp³-hybridized carbons (Fsp3) is 0.222. The van der Waals surface area contributed by atoms with Gasteiger partial charge in [0.2, 0.25) is 0 Å². The largest absolute Gasteiger partial charge is 0.494 e. The number of oxazole rings is 1. The van der Waals surface area contributed by atoms with E-state index in [1.165, 1.54) is 5.56 Å². The smallest absolute Gasteiger partial charge is 0.302 e. The second-order valence-electron chi connectivity index (χ2n) is 5.38. The molecule has 2 aromatic carbocycles. The molecule has 0 fully saturated rings. The first-order chi connectivity index (χ1) is 11.7. The summed E-state index contributed by atoms with van der Waals surface area (Å²) >= 11 is 1.55. The first-order valence-electron chi connectivity index (χ1n) is 7.95. The predicted octanol–water partition coefficient (Wildman–Crippen LogP) is 5.14. The van der Waals surface area contributed by atoms with Gasteiger partial charge in [-0.15, -0.1) is 0 Å². The van der Waals surface area contributed by atoms with E-state index < -0.39 is 0 Å². The van der Waals surface area contributed by atoms with Crippen molar-refractivity contribution in [1.29, 1.82) is 0 Å². The SMILES string of the molecule is CCOc1ccc2nc(Nc3nc4cc(CC)ccc4o3)sc2c1. The van der Waals surface area contributed by atoms with E-state index in [-0.39, 0.29) is 0 Å². The van der Waals surface area contributed by atoms with Crippen molar-refractivity contribution in [3.8, 4) is 5.75 Å². The van der Waals surface area contributed by atoms with Gasteiger partial charge in [-0.3, -0.25) is 5.32 Å². The molecule has 4 aromatic rings. The number of hydrogen-bond donors (Lipinski definition) is 1. The van der Waals surface area contributed by atoms with Crippen LogP contribution in [0, 0.1) is 0 Å². The van der Waals surface area contributed by atoms with Crippen LogP contribution in [0.2, 0.25) is 0 Å². The van der Waals surface area contributed by atoms with Gasteiger partial charge in [-0.1, -0.05) is 24.3 Å². The Morgan fingerprint density at radius 3 is 2.83 bits per heavy atom. The molecule has 122 valence electrons. The zero-order valence-electron chi connectivity index (χ0n) is 13.5. The number of benzene rings is 2. The van der Waals surface area contributed by atoms with Crippen molar-refractivity contribution >= 4 is 43.8 Å². The maximum atomic E-state index is 5.75. The lowest BCUT2D eigenvalue weighted by Crippen LogP contribution is -1.90. The van der Waals surface area contributed by atoms with Gasteiger partial charge in [0, 0.05) is 0 Å². The molecule has 0 radical (unpaired) electrons. The molecule has 5 nitrogen and oxygen atoms in total. The highest BCUT2D eigenvalue weighted by Crippen LogP contribution is 2.31. The molecule has 0 bridgehead atoms. The van der Waals surface area contributed by atoms with Crippen molar-refractivity contribution in [1.82, 2.24) is 9.97 Å². The number of nitrogens with one attached hydrogen (secondary N) is 1. The van der Waals surface area contributed by atoms with Gasteiger partial charge in [-0.25, -0.2) is 4.98 Å². The highest BCUT2D eigenvalue weighted by molar-refractivity contribution is 7.22. The molecule has 0 aliphatic heterocycles. The predicted molar refractivity (Wildman–Crippen MR) is 97.5 cm³/mol. The molecule has 0 aliphatic carbocycles. The molecule has 0 unspecified atom stereocenters. The van der Waals surface area contributed by atoms with Gasteiger partial charge in [0.05, 0.1) is 16.8 Å². The molecular weight excluding hydrogens is 322 g/mol. The first-order valence-corrected chi connectivity index (χ1v) is 8.76. The summed E-state index contributed by atoms with van der Waals surface area (Å²) in [5.41, 5.74) is 3.80. The van der Waals surface area contributed by atoms with E-state index in [9.17, 15) is 0 Å². The maximum absolute atomic E-state index is 5.75. The zero-order valence-corrected chi connectivity index (χ0v) is 14.3. The van der Waals surface area contributed by atoms with Crippen molar-refractivity contribution in [3.63, 3.8) is 0 Å². The second kappa shape index (κ2) is 6.13. The highest BCUT2D eigenvalue weighted by Gasteiger charge is 2.10. The van der Waals surface area contributed by atoms with Gasteiger partial charge in [0.25, 0.3) is 0 Å². The Bertz CT molecular complexity index is 1010. The van der Waals surface area contributed by atoms with Gasteiger partial charge in [-0.05, 0) is 49.2 Å². The summed E-state index contributed by atoms with van der Waals surface area (Å²) in [6.07, 6.45) is 0.978. The minimum atomic E-state index is 0.461. The van der Waals surface area contributed by atoms with Crippen LogP contribution in [0.5, 0.6) is 5.75 Å². The number of aromatic nitrogens is 2. The fourth-order valence-electron chi connectivity index (χ4n) is 2.55. The molecule has 4 rings (SSSR count). The Morgan fingerprint density at radius 1 is 1.08 bits per heavy atom. The third kappa shape index (κ3) is 2.80. The van der Waals surface area contributed by atoms with Crippen molar-refractivity contribution in [3.05, 3.63) is 42.0 Å². The number of ether oxygens (including phenoxy) is 1. The third-order valence-electron chi connectivity index (χ3n) is 3.74. The Balaban J connectivity index is 1.63. The lowest BCUT2D eigenvalue weighted by molar-refractivity contribution is 0.341. The number of thiazole rings is 1. The van der Waals surface area contributed by atoms with E-state index in [2.05, 4.69) is 34.3 Å². The summed E-state index contributed by atoms with van der Waals surface area (Å²) in [6.45, 7) is 4.75. The van der Waals surface area contributed by atoms with Crippen LogP contribution < -0.4 is 10.1 Å². The standard InChI is InChI=1S/C18H17N3O2S/c1-3-11-5-8-15-14(9-11)19-17(23-15)21-18-20-13-7-6-12(22-4-2)10-16(13)24-18/h5-10H,3-4H2,1-2H3,(H,19,20,21). The number of fused-ring (bicyclic) bond motifs is 2. The summed E-state index contributed by atoms with van der Waals surface area (Å²) in [5, 5.41) is 3.91. The van der Waals surface area contributed by atoms with Crippen LogP contribution in [0.3, 0.4) is 0 Å². The van der Waals surface area contributed by atoms with E-state index in [0.717, 1.165) is 38.6 Å². The third-order valence-corrected chi connectivity index (χ3v) is 4.68. The molecule has 0 spiro atoms. The topological polar surface area (TPSA) is 60.2 Å². The Kier molecular flexibility index (Phi) is 3.82. The monoisotopic (exact) mass is 339 g/mol. The van der Waals surface area contributed by atoms with E-state index in [1.807, 2.05) is 31.2 Å². The first kappa shape index (κ1) is 15.0. The van der Waals surface area contributed by atoms with Crippen LogP contribution in [-0.2, 0) is 6.42 Å². The summed E-state index contributed by atoms with van der Waals surface area (Å²) in [7, 11) is 0. The van der Waals surface area contributed by atoms with Crippen molar-refractivity contribution in [2.24, 2.45) is 0 Å². The zero-order chi connectivity index (χ0) is 16.5. The summed E-state index contributed by atoms with van der Waals surface area (Å²) in [6, 6.07) is 12.4. The van der Waals surface area contributed by atoms with Crippen LogP contribution in [0.1, 0.15) is 19.4 Å². The molecule has 0 saturated heterocycles. The average molecular weight is 339 g/mol. The second-order valence-corrected chi connectivity index (χ2v) is 6.41. The van der Waals surface area contributed by atoms with Crippen LogP contribution >= 0.6 is 11.3 Å². The average Bonchev–Trinajstić information content (AvgIpc) is 3.16. The molecule has 6 heteroatoms. The Morgan fingerprint density at radius 2 is 2.00 bits per heavy atom. The molecule has 2 aromatic heterocycles. The van der Waals surface area contributed by atoms with Crippen molar-refractivity contribution < 1.29 is 9.15 Å². The molecule has 0 atom stereocenters. The number of hydrogen-bond acceptors (Lipinski definition) is 6. The van der Waals surface area contributed by atoms with Crippen LogP contribution in [0.15, 0.2) is 40.8 Å². The number of aryl methyl sites for hydroxylation is 1. The molecule has 2 heterocycles. The molecule has 1 N–H and O–H groups in total. The van der Waals surface area contributed by atoms with Gasteiger partial charge >= 0.3 is 6.01 Å². The van der Waals surface area contributed by atoms with E-state index >= 15 is 0 Å². The maximum Gasteiger partial charge on any atom is 0.302 e. The van der Waals surface area contributed by atoms with E-state index in [0.29, 0.717) is 12.6 Å². The lowest BCUT2D eigenvalue weighted by Gasteiger charge is -2.00. The molecular formula is C18H17N3O2S. The quantitative estimate of drug-likeness (QED) is 0.545. The minimum absolute atomic E-state index is 0.461. The van der Waals surface area contributed by atoms with Crippen molar-refractivity contribution in [2.75, 3.05) is 11.9 Å². The normalized spacial score (nSPS) is 11.2.